The van der Waals surface area contributed by atoms with Crippen LogP contribution in [-0.4, -0.2) is 73.2 Å². The Morgan fingerprint density at radius 2 is 1.96 bits per heavy atom. The Morgan fingerprint density at radius 1 is 1.22 bits per heavy atom. The highest BCUT2D eigenvalue weighted by Gasteiger charge is 2.15. The van der Waals surface area contributed by atoms with Gasteiger partial charge in [0, 0.05) is 38.8 Å². The molecular formula is C19H24N4O4. The number of fused-ring (bicyclic) bond motifs is 1. The van der Waals surface area contributed by atoms with Gasteiger partial charge < -0.3 is 24.5 Å². The molecule has 0 amide bonds. The molecule has 1 N–H and O–H groups in total. The Balaban J connectivity index is 1.71. The van der Waals surface area contributed by atoms with Crippen molar-refractivity contribution in [1.29, 1.82) is 5.26 Å². The van der Waals surface area contributed by atoms with E-state index in [1.807, 2.05) is 0 Å². The molecule has 0 atom stereocenters. The van der Waals surface area contributed by atoms with E-state index in [1.54, 1.807) is 12.1 Å². The summed E-state index contributed by atoms with van der Waals surface area (Å²) in [5, 5.41) is 19.3. The summed E-state index contributed by atoms with van der Waals surface area (Å²) in [6.07, 6.45) is 1.97. The molecule has 1 aliphatic heterocycles. The van der Waals surface area contributed by atoms with E-state index in [0.29, 0.717) is 18.1 Å². The minimum Gasteiger partial charge on any atom is -0.493 e. The molecule has 0 aliphatic carbocycles. The molecule has 1 aromatic heterocycles. The first-order valence-corrected chi connectivity index (χ1v) is 8.94. The molecule has 2 aromatic rings. The van der Waals surface area contributed by atoms with Crippen LogP contribution in [0.3, 0.4) is 0 Å². The van der Waals surface area contributed by atoms with Gasteiger partial charge in [-0.2, -0.15) is 9.99 Å². The van der Waals surface area contributed by atoms with Crippen LogP contribution in [0.15, 0.2) is 23.1 Å². The number of benzene rings is 1. The highest BCUT2D eigenvalue weighted by Crippen LogP contribution is 2.31. The van der Waals surface area contributed by atoms with Gasteiger partial charge in [-0.3, -0.25) is 4.79 Å². The second kappa shape index (κ2) is 8.29. The summed E-state index contributed by atoms with van der Waals surface area (Å²) in [5.41, 5.74) is -0.306. The number of ether oxygens (including phenoxy) is 2. The lowest BCUT2D eigenvalue weighted by molar-refractivity contribution is 0.145. The average molecular weight is 372 g/mol. The smallest absolute Gasteiger partial charge is 0.207 e. The molecule has 8 heteroatoms. The van der Waals surface area contributed by atoms with E-state index in [0.717, 1.165) is 50.1 Å². The van der Waals surface area contributed by atoms with Gasteiger partial charge in [0.1, 0.15) is 11.6 Å². The number of pyridine rings is 1. The second-order valence-corrected chi connectivity index (χ2v) is 6.70. The van der Waals surface area contributed by atoms with Gasteiger partial charge in [0.05, 0.1) is 30.8 Å². The molecule has 0 radical (unpaired) electrons. The van der Waals surface area contributed by atoms with E-state index in [4.69, 9.17) is 14.7 Å². The summed E-state index contributed by atoms with van der Waals surface area (Å²) < 4.78 is 11.9. The normalized spacial score (nSPS) is 15.6. The lowest BCUT2D eigenvalue weighted by Crippen LogP contribution is -2.44. The third kappa shape index (κ3) is 4.15. The first kappa shape index (κ1) is 19.0. The molecule has 1 aromatic carbocycles. The molecule has 0 unspecified atom stereocenters. The second-order valence-electron chi connectivity index (χ2n) is 6.70. The molecule has 0 bridgehead atoms. The topological polar surface area (TPSA) is 91.0 Å². The SMILES string of the molecule is COc1cc2c(=O)c(C#N)cn(O)c2cc1OCCCN1CCN(C)CC1. The van der Waals surface area contributed by atoms with Crippen LogP contribution in [0, 0.1) is 11.3 Å². The fourth-order valence-electron chi connectivity index (χ4n) is 3.21. The van der Waals surface area contributed by atoms with Crippen LogP contribution >= 0.6 is 0 Å². The van der Waals surface area contributed by atoms with Crippen molar-refractivity contribution in [2.75, 3.05) is 53.5 Å². The van der Waals surface area contributed by atoms with Gasteiger partial charge in [-0.25, -0.2) is 0 Å². The predicted octanol–water partition coefficient (Wildman–Crippen LogP) is 1.14. The fraction of sp³-hybridized carbons (Fsp3) is 0.474. The average Bonchev–Trinajstić information content (AvgIpc) is 2.68. The molecule has 0 spiro atoms. The first-order chi connectivity index (χ1) is 13.0. The van der Waals surface area contributed by atoms with Gasteiger partial charge in [-0.1, -0.05) is 0 Å². The summed E-state index contributed by atoms with van der Waals surface area (Å²) in [6, 6.07) is 4.85. The summed E-state index contributed by atoms with van der Waals surface area (Å²) in [5.74, 6) is 0.851. The van der Waals surface area contributed by atoms with Gasteiger partial charge in [-0.15, -0.1) is 0 Å². The van der Waals surface area contributed by atoms with Crippen molar-refractivity contribution < 1.29 is 14.7 Å². The number of piperazine rings is 1. The van der Waals surface area contributed by atoms with E-state index >= 15 is 0 Å². The van der Waals surface area contributed by atoms with Crippen LogP contribution < -0.4 is 14.9 Å². The Hall–Kier alpha value is -2.76. The summed E-state index contributed by atoms with van der Waals surface area (Å²) in [6.45, 7) is 5.75. The first-order valence-electron chi connectivity index (χ1n) is 8.94. The van der Waals surface area contributed by atoms with Gasteiger partial charge in [0.2, 0.25) is 5.43 Å². The minimum atomic E-state index is -0.447. The van der Waals surface area contributed by atoms with Crippen molar-refractivity contribution in [3.8, 4) is 17.6 Å². The summed E-state index contributed by atoms with van der Waals surface area (Å²) in [4.78, 5) is 17.0. The highest BCUT2D eigenvalue weighted by atomic mass is 16.5. The molecule has 2 heterocycles. The van der Waals surface area contributed by atoms with Gasteiger partial charge in [-0.05, 0) is 19.5 Å². The zero-order valence-electron chi connectivity index (χ0n) is 15.6. The molecule has 8 nitrogen and oxygen atoms in total. The molecule has 0 saturated carbocycles. The molecule has 1 aliphatic rings. The summed E-state index contributed by atoms with van der Waals surface area (Å²) >= 11 is 0. The molecule has 144 valence electrons. The monoisotopic (exact) mass is 372 g/mol. The maximum atomic E-state index is 12.3. The number of nitrogens with zero attached hydrogens (tertiary/aromatic N) is 4. The number of methoxy groups -OCH3 is 1. The standard InChI is InChI=1S/C19H24N4O4/c1-21-5-7-22(8-6-21)4-3-9-27-18-11-16-15(10-17(18)26-2)19(24)14(12-20)13-23(16)25/h10-11,13,25H,3-9H2,1-2H3. The van der Waals surface area contributed by atoms with E-state index in [-0.39, 0.29) is 16.5 Å². The van der Waals surface area contributed by atoms with Gasteiger partial charge in [0.15, 0.2) is 11.5 Å². The third-order valence-corrected chi connectivity index (χ3v) is 4.86. The zero-order valence-corrected chi connectivity index (χ0v) is 15.6. The van der Waals surface area contributed by atoms with Crippen LogP contribution in [0.4, 0.5) is 0 Å². The number of nitriles is 1. The maximum absolute atomic E-state index is 12.3. The largest absolute Gasteiger partial charge is 0.493 e. The third-order valence-electron chi connectivity index (χ3n) is 4.86. The molecule has 3 rings (SSSR count). The Kier molecular flexibility index (Phi) is 5.84. The quantitative estimate of drug-likeness (QED) is 0.600. The Labute approximate surface area is 157 Å². The molecule has 1 saturated heterocycles. The number of likely N-dealkylation sites (N-methyl/N-ethyl adjacent to an activating group) is 1. The molecule has 27 heavy (non-hydrogen) atoms. The summed E-state index contributed by atoms with van der Waals surface area (Å²) in [7, 11) is 3.62. The van der Waals surface area contributed by atoms with Crippen molar-refractivity contribution >= 4 is 10.9 Å². The van der Waals surface area contributed by atoms with Gasteiger partial charge in [0.25, 0.3) is 0 Å². The number of aromatic nitrogens is 1. The number of rotatable bonds is 6. The zero-order chi connectivity index (χ0) is 19.4. The molecule has 1 fully saturated rings. The minimum absolute atomic E-state index is 0.132. The lowest BCUT2D eigenvalue weighted by Gasteiger charge is -2.32. The Morgan fingerprint density at radius 3 is 2.63 bits per heavy atom. The van der Waals surface area contributed by atoms with Crippen molar-refractivity contribution in [2.45, 2.75) is 6.42 Å². The lowest BCUT2D eigenvalue weighted by atomic mass is 10.1. The van der Waals surface area contributed by atoms with E-state index in [9.17, 15) is 10.0 Å². The van der Waals surface area contributed by atoms with Crippen LogP contribution in [0.5, 0.6) is 11.5 Å². The van der Waals surface area contributed by atoms with E-state index in [2.05, 4.69) is 16.8 Å². The fourth-order valence-corrected chi connectivity index (χ4v) is 3.21. The van der Waals surface area contributed by atoms with Crippen LogP contribution in [0.2, 0.25) is 0 Å². The van der Waals surface area contributed by atoms with E-state index < -0.39 is 5.43 Å². The predicted molar refractivity (Wildman–Crippen MR) is 101 cm³/mol. The van der Waals surface area contributed by atoms with Crippen LogP contribution in [0.25, 0.3) is 10.9 Å². The Bertz CT molecular complexity index is 911. The van der Waals surface area contributed by atoms with Crippen LogP contribution in [0.1, 0.15) is 12.0 Å². The number of hydrogen-bond acceptors (Lipinski definition) is 7. The van der Waals surface area contributed by atoms with Crippen molar-refractivity contribution in [2.24, 2.45) is 0 Å². The van der Waals surface area contributed by atoms with Crippen molar-refractivity contribution in [1.82, 2.24) is 14.5 Å². The number of hydrogen-bond donors (Lipinski definition) is 1. The highest BCUT2D eigenvalue weighted by molar-refractivity contribution is 5.83. The molecular weight excluding hydrogens is 348 g/mol. The van der Waals surface area contributed by atoms with Crippen molar-refractivity contribution in [3.63, 3.8) is 0 Å². The van der Waals surface area contributed by atoms with Crippen LogP contribution in [-0.2, 0) is 0 Å². The van der Waals surface area contributed by atoms with Gasteiger partial charge >= 0.3 is 0 Å². The maximum Gasteiger partial charge on any atom is 0.207 e. The van der Waals surface area contributed by atoms with E-state index in [1.165, 1.54) is 13.2 Å². The van der Waals surface area contributed by atoms with Crippen molar-refractivity contribution in [3.05, 3.63) is 34.1 Å².